The topological polar surface area (TPSA) is 63.2 Å². The number of piperidine rings is 1. The lowest BCUT2D eigenvalue weighted by molar-refractivity contribution is -0.122. The molecular formula is C16H26Cl3N3O2. The third-order valence-electron chi connectivity index (χ3n) is 4.07. The van der Waals surface area contributed by atoms with Crippen molar-refractivity contribution in [3.05, 3.63) is 23.4 Å². The highest BCUT2D eigenvalue weighted by Gasteiger charge is 2.21. The Hall–Kier alpha value is -0.750. The summed E-state index contributed by atoms with van der Waals surface area (Å²) in [5.74, 6) is 1.70. The van der Waals surface area contributed by atoms with E-state index in [-0.39, 0.29) is 30.7 Å². The van der Waals surface area contributed by atoms with Crippen molar-refractivity contribution in [1.82, 2.24) is 15.6 Å². The summed E-state index contributed by atoms with van der Waals surface area (Å²) in [5, 5.41) is 6.83. The van der Waals surface area contributed by atoms with Crippen LogP contribution in [-0.2, 0) is 4.79 Å². The molecule has 0 aliphatic carbocycles. The van der Waals surface area contributed by atoms with Crippen molar-refractivity contribution in [2.24, 2.45) is 11.8 Å². The van der Waals surface area contributed by atoms with E-state index in [1.54, 1.807) is 12.1 Å². The number of hydrogen-bond donors (Lipinski definition) is 2. The summed E-state index contributed by atoms with van der Waals surface area (Å²) in [6, 6.07) is 3.44. The van der Waals surface area contributed by atoms with E-state index < -0.39 is 0 Å². The van der Waals surface area contributed by atoms with Gasteiger partial charge in [0, 0.05) is 18.7 Å². The van der Waals surface area contributed by atoms with E-state index in [4.69, 9.17) is 16.3 Å². The molecule has 1 fully saturated rings. The van der Waals surface area contributed by atoms with E-state index in [0.29, 0.717) is 42.3 Å². The Morgan fingerprint density at radius 3 is 2.75 bits per heavy atom. The average molecular weight is 399 g/mol. The monoisotopic (exact) mass is 397 g/mol. The predicted molar refractivity (Wildman–Crippen MR) is 102 cm³/mol. The van der Waals surface area contributed by atoms with Gasteiger partial charge in [-0.25, -0.2) is 4.98 Å². The molecule has 0 radical (unpaired) electrons. The molecule has 2 heterocycles. The van der Waals surface area contributed by atoms with Crippen LogP contribution in [0.5, 0.6) is 5.88 Å². The summed E-state index contributed by atoms with van der Waals surface area (Å²) in [5.41, 5.74) is 0. The van der Waals surface area contributed by atoms with Crippen LogP contribution in [0.25, 0.3) is 0 Å². The fourth-order valence-corrected chi connectivity index (χ4v) is 2.85. The maximum absolute atomic E-state index is 11.9. The zero-order chi connectivity index (χ0) is 15.8. The molecule has 1 atom stereocenters. The predicted octanol–water partition coefficient (Wildman–Crippen LogP) is 3.10. The molecule has 2 N–H and O–H groups in total. The Morgan fingerprint density at radius 2 is 2.12 bits per heavy atom. The molecule has 1 aliphatic rings. The fourth-order valence-electron chi connectivity index (χ4n) is 2.74. The largest absolute Gasteiger partial charge is 0.476 e. The fraction of sp³-hybridized carbons (Fsp3) is 0.625. The van der Waals surface area contributed by atoms with E-state index >= 15 is 0 Å². The summed E-state index contributed by atoms with van der Waals surface area (Å²) in [6.07, 6.45) is 4.46. The lowest BCUT2D eigenvalue weighted by Gasteiger charge is -2.27. The molecule has 138 valence electrons. The molecule has 1 amide bonds. The maximum atomic E-state index is 11.9. The minimum atomic E-state index is 0. The molecule has 1 unspecified atom stereocenters. The first-order valence-electron chi connectivity index (χ1n) is 7.87. The number of amides is 1. The van der Waals surface area contributed by atoms with Crippen molar-refractivity contribution >= 4 is 42.3 Å². The first-order chi connectivity index (χ1) is 10.6. The molecule has 0 spiro atoms. The van der Waals surface area contributed by atoms with Gasteiger partial charge in [-0.1, -0.05) is 18.5 Å². The van der Waals surface area contributed by atoms with Gasteiger partial charge in [0.05, 0.1) is 11.6 Å². The number of halogens is 3. The number of ether oxygens (including phenoxy) is 1. The third-order valence-corrected chi connectivity index (χ3v) is 4.29. The van der Waals surface area contributed by atoms with Crippen molar-refractivity contribution in [3.63, 3.8) is 0 Å². The highest BCUT2D eigenvalue weighted by atomic mass is 35.5. The molecule has 0 saturated carbocycles. The maximum Gasteiger partial charge on any atom is 0.220 e. The summed E-state index contributed by atoms with van der Waals surface area (Å²) in [4.78, 5) is 16.0. The first-order valence-corrected chi connectivity index (χ1v) is 8.24. The number of carbonyl (C=O) groups is 1. The minimum Gasteiger partial charge on any atom is -0.476 e. The van der Waals surface area contributed by atoms with Gasteiger partial charge in [-0.05, 0) is 43.8 Å². The van der Waals surface area contributed by atoms with Crippen LogP contribution in [0.15, 0.2) is 18.3 Å². The van der Waals surface area contributed by atoms with E-state index in [0.717, 1.165) is 13.1 Å². The van der Waals surface area contributed by atoms with E-state index in [1.807, 2.05) is 0 Å². The Balaban J connectivity index is 0.00000264. The second-order valence-electron chi connectivity index (χ2n) is 5.78. The van der Waals surface area contributed by atoms with Crippen molar-refractivity contribution in [2.75, 3.05) is 26.2 Å². The molecule has 2 rings (SSSR count). The van der Waals surface area contributed by atoms with E-state index in [9.17, 15) is 4.79 Å². The Bertz CT molecular complexity index is 468. The highest BCUT2D eigenvalue weighted by Crippen LogP contribution is 2.24. The number of carbonyl (C=O) groups excluding carboxylic acids is 1. The van der Waals surface area contributed by atoms with Gasteiger partial charge in [-0.3, -0.25) is 4.79 Å². The van der Waals surface area contributed by atoms with Crippen LogP contribution in [0.2, 0.25) is 5.02 Å². The molecule has 24 heavy (non-hydrogen) atoms. The lowest BCUT2D eigenvalue weighted by Crippen LogP contribution is -2.34. The van der Waals surface area contributed by atoms with Crippen molar-refractivity contribution < 1.29 is 9.53 Å². The molecule has 0 bridgehead atoms. The van der Waals surface area contributed by atoms with Gasteiger partial charge in [0.25, 0.3) is 0 Å². The van der Waals surface area contributed by atoms with Crippen molar-refractivity contribution in [3.8, 4) is 5.88 Å². The molecule has 0 aromatic carbocycles. The summed E-state index contributed by atoms with van der Waals surface area (Å²) < 4.78 is 5.44. The van der Waals surface area contributed by atoms with Crippen LogP contribution >= 0.6 is 36.4 Å². The number of nitrogens with one attached hydrogen (secondary N) is 2. The molecule has 1 aromatic heterocycles. The molecule has 1 aromatic rings. The Labute approximate surface area is 161 Å². The van der Waals surface area contributed by atoms with Gasteiger partial charge in [0.2, 0.25) is 11.8 Å². The Morgan fingerprint density at radius 1 is 1.42 bits per heavy atom. The van der Waals surface area contributed by atoms with Crippen molar-refractivity contribution in [1.29, 1.82) is 0 Å². The molecular weight excluding hydrogens is 373 g/mol. The zero-order valence-corrected chi connectivity index (χ0v) is 16.2. The van der Waals surface area contributed by atoms with Crippen LogP contribution in [0.3, 0.4) is 0 Å². The van der Waals surface area contributed by atoms with Gasteiger partial charge in [0.1, 0.15) is 6.61 Å². The number of pyridine rings is 1. The summed E-state index contributed by atoms with van der Waals surface area (Å²) in [7, 11) is 0. The second kappa shape index (κ2) is 12.6. The van der Waals surface area contributed by atoms with Crippen LogP contribution in [0.1, 0.15) is 26.2 Å². The number of rotatable bonds is 7. The van der Waals surface area contributed by atoms with Crippen LogP contribution < -0.4 is 15.4 Å². The van der Waals surface area contributed by atoms with Gasteiger partial charge in [-0.15, -0.1) is 24.8 Å². The van der Waals surface area contributed by atoms with Crippen LogP contribution in [0, 0.1) is 11.8 Å². The van der Waals surface area contributed by atoms with Crippen LogP contribution in [0.4, 0.5) is 0 Å². The van der Waals surface area contributed by atoms with Gasteiger partial charge in [-0.2, -0.15) is 0 Å². The minimum absolute atomic E-state index is 0. The van der Waals surface area contributed by atoms with Crippen LogP contribution in [-0.4, -0.2) is 37.1 Å². The molecule has 5 nitrogen and oxygen atoms in total. The quantitative estimate of drug-likeness (QED) is 0.693. The molecule has 8 heteroatoms. The molecule has 1 saturated heterocycles. The summed E-state index contributed by atoms with van der Waals surface area (Å²) >= 11 is 5.75. The molecule has 1 aliphatic heterocycles. The standard InChI is InChI=1S/C16H24ClN3O2.2ClH/c1-12(13-4-6-18-7-5-13)10-15(21)19-8-9-22-16-3-2-14(17)11-20-16;;/h2-3,11-13,18H,4-10H2,1H3,(H,19,21);2*1H. The van der Waals surface area contributed by atoms with Gasteiger partial charge in [0.15, 0.2) is 0 Å². The first kappa shape index (κ1) is 23.2. The van der Waals surface area contributed by atoms with E-state index in [2.05, 4.69) is 22.5 Å². The number of hydrogen-bond acceptors (Lipinski definition) is 4. The number of aromatic nitrogens is 1. The smallest absolute Gasteiger partial charge is 0.220 e. The second-order valence-corrected chi connectivity index (χ2v) is 6.22. The normalized spacial score (nSPS) is 15.6. The van der Waals surface area contributed by atoms with E-state index in [1.165, 1.54) is 19.0 Å². The lowest BCUT2D eigenvalue weighted by atomic mass is 9.84. The van der Waals surface area contributed by atoms with Crippen molar-refractivity contribution in [2.45, 2.75) is 26.2 Å². The van der Waals surface area contributed by atoms with Gasteiger partial charge < -0.3 is 15.4 Å². The summed E-state index contributed by atoms with van der Waals surface area (Å²) in [6.45, 7) is 5.20. The average Bonchev–Trinajstić information content (AvgIpc) is 2.54. The third kappa shape index (κ3) is 8.38. The zero-order valence-electron chi connectivity index (χ0n) is 13.8. The Kier molecular flexibility index (Phi) is 12.2. The van der Waals surface area contributed by atoms with Gasteiger partial charge >= 0.3 is 0 Å². The highest BCUT2D eigenvalue weighted by molar-refractivity contribution is 6.30. The SMILES string of the molecule is CC(CC(=O)NCCOc1ccc(Cl)cn1)C1CCNCC1.Cl.Cl. The number of nitrogens with zero attached hydrogens (tertiary/aromatic N) is 1.